The summed E-state index contributed by atoms with van der Waals surface area (Å²) in [5, 5.41) is 3.35. The van der Waals surface area contributed by atoms with Crippen molar-refractivity contribution in [1.82, 2.24) is 4.90 Å². The zero-order valence-corrected chi connectivity index (χ0v) is 15.1. The highest BCUT2D eigenvalue weighted by atomic mass is 16.5. The number of fused-ring (bicyclic) bond motifs is 2. The maximum Gasteiger partial charge on any atom is 0.256 e. The first-order valence-corrected chi connectivity index (χ1v) is 8.70. The lowest BCUT2D eigenvalue weighted by molar-refractivity contribution is 0.0420. The predicted molar refractivity (Wildman–Crippen MR) is 96.4 cm³/mol. The molecule has 2 aliphatic heterocycles. The summed E-state index contributed by atoms with van der Waals surface area (Å²) in [6.45, 7) is 7.32. The van der Waals surface area contributed by atoms with Crippen molar-refractivity contribution in [2.24, 2.45) is 0 Å². The van der Waals surface area contributed by atoms with Crippen LogP contribution in [0.25, 0.3) is 0 Å². The Morgan fingerprint density at radius 1 is 1.32 bits per heavy atom. The molecule has 1 aromatic carbocycles. The molecule has 1 saturated heterocycles. The lowest BCUT2D eigenvalue weighted by Crippen LogP contribution is -2.44. The van der Waals surface area contributed by atoms with E-state index < -0.39 is 0 Å². The van der Waals surface area contributed by atoms with Gasteiger partial charge in [-0.3, -0.25) is 4.79 Å². The van der Waals surface area contributed by atoms with Crippen molar-refractivity contribution in [1.29, 1.82) is 0 Å². The van der Waals surface area contributed by atoms with Crippen LogP contribution < -0.4 is 14.8 Å². The number of carbonyl (C=O) groups is 1. The van der Waals surface area contributed by atoms with Gasteiger partial charge in [-0.15, -0.1) is 0 Å². The summed E-state index contributed by atoms with van der Waals surface area (Å²) in [5.74, 6) is 1.16. The van der Waals surface area contributed by atoms with Crippen molar-refractivity contribution in [3.63, 3.8) is 0 Å². The third kappa shape index (κ3) is 3.31. The molecular weight excluding hydrogens is 320 g/mol. The number of anilines is 1. The molecule has 0 spiro atoms. The van der Waals surface area contributed by atoms with Gasteiger partial charge in [-0.1, -0.05) is 25.5 Å². The summed E-state index contributed by atoms with van der Waals surface area (Å²) >= 11 is 0. The van der Waals surface area contributed by atoms with E-state index in [1.54, 1.807) is 20.3 Å². The zero-order chi connectivity index (χ0) is 18.0. The standard InChI is InChI=1S/C19H26N2O4/c1-5-6-7-25-17-10-14-13(9-16(17)23-3)19(22)21-11-12(2)8-15(21)18(20-14)24-4/h9-10,15,18,20H,2,5-8,11H2,1,3-4H3/t15-,18?/m0/s1. The van der Waals surface area contributed by atoms with Crippen molar-refractivity contribution < 1.29 is 19.0 Å². The van der Waals surface area contributed by atoms with E-state index in [-0.39, 0.29) is 18.2 Å². The smallest absolute Gasteiger partial charge is 0.256 e. The molecular formula is C19H26N2O4. The van der Waals surface area contributed by atoms with Gasteiger partial charge in [0.05, 0.1) is 31.0 Å². The Hall–Kier alpha value is -2.21. The SMILES string of the molecule is C=C1C[C@H]2C(OC)Nc3cc(OCCCC)c(OC)cc3C(=O)N2C1. The number of hydrogen-bond acceptors (Lipinski definition) is 5. The summed E-state index contributed by atoms with van der Waals surface area (Å²) in [5.41, 5.74) is 2.32. The highest BCUT2D eigenvalue weighted by Gasteiger charge is 2.41. The Morgan fingerprint density at radius 3 is 2.80 bits per heavy atom. The molecule has 136 valence electrons. The van der Waals surface area contributed by atoms with Crippen LogP contribution in [0.15, 0.2) is 24.3 Å². The first-order valence-electron chi connectivity index (χ1n) is 8.70. The Balaban J connectivity index is 1.98. The lowest BCUT2D eigenvalue weighted by atomic mass is 10.1. The molecule has 1 fully saturated rings. The largest absolute Gasteiger partial charge is 0.493 e. The molecule has 1 aromatic rings. The highest BCUT2D eigenvalue weighted by molar-refractivity contribution is 6.02. The third-order valence-corrected chi connectivity index (χ3v) is 4.74. The molecule has 0 aromatic heterocycles. The number of ether oxygens (including phenoxy) is 3. The molecule has 6 heteroatoms. The van der Waals surface area contributed by atoms with E-state index in [1.165, 1.54) is 0 Å². The second kappa shape index (κ2) is 7.35. The van der Waals surface area contributed by atoms with Gasteiger partial charge in [-0.05, 0) is 18.9 Å². The summed E-state index contributed by atoms with van der Waals surface area (Å²) in [7, 11) is 3.23. The Bertz CT molecular complexity index is 674. The Labute approximate surface area is 148 Å². The van der Waals surface area contributed by atoms with Gasteiger partial charge in [0.2, 0.25) is 0 Å². The summed E-state index contributed by atoms with van der Waals surface area (Å²) in [4.78, 5) is 14.9. The summed E-state index contributed by atoms with van der Waals surface area (Å²) < 4.78 is 16.9. The number of benzene rings is 1. The van der Waals surface area contributed by atoms with Crippen LogP contribution in [0.5, 0.6) is 11.5 Å². The molecule has 0 aliphatic carbocycles. The molecule has 3 rings (SSSR count). The average Bonchev–Trinajstić information content (AvgIpc) is 2.96. The van der Waals surface area contributed by atoms with E-state index in [0.717, 1.165) is 24.8 Å². The number of nitrogens with one attached hydrogen (secondary N) is 1. The highest BCUT2D eigenvalue weighted by Crippen LogP contribution is 2.39. The lowest BCUT2D eigenvalue weighted by Gasteiger charge is -2.27. The second-order valence-corrected chi connectivity index (χ2v) is 6.51. The topological polar surface area (TPSA) is 60.0 Å². The first kappa shape index (κ1) is 17.6. The van der Waals surface area contributed by atoms with Crippen LogP contribution in [0.3, 0.4) is 0 Å². The first-order chi connectivity index (χ1) is 12.1. The van der Waals surface area contributed by atoms with E-state index in [0.29, 0.717) is 35.9 Å². The fourth-order valence-electron chi connectivity index (χ4n) is 3.40. The molecule has 25 heavy (non-hydrogen) atoms. The second-order valence-electron chi connectivity index (χ2n) is 6.51. The molecule has 2 heterocycles. The van der Waals surface area contributed by atoms with Crippen molar-refractivity contribution in [2.45, 2.75) is 38.5 Å². The fraction of sp³-hybridized carbons (Fsp3) is 0.526. The maximum absolute atomic E-state index is 13.1. The van der Waals surface area contributed by atoms with Gasteiger partial charge in [-0.25, -0.2) is 0 Å². The monoisotopic (exact) mass is 346 g/mol. The van der Waals surface area contributed by atoms with Crippen molar-refractivity contribution in [2.75, 3.05) is 32.7 Å². The van der Waals surface area contributed by atoms with E-state index in [9.17, 15) is 4.79 Å². The number of rotatable bonds is 6. The van der Waals surface area contributed by atoms with E-state index in [2.05, 4.69) is 18.8 Å². The normalized spacial score (nSPS) is 22.1. The minimum Gasteiger partial charge on any atom is -0.493 e. The van der Waals surface area contributed by atoms with Gasteiger partial charge in [-0.2, -0.15) is 0 Å². The molecule has 1 N–H and O–H groups in total. The van der Waals surface area contributed by atoms with E-state index >= 15 is 0 Å². The number of unbranched alkanes of at least 4 members (excludes halogenated alkanes) is 1. The quantitative estimate of drug-likeness (QED) is 0.634. The van der Waals surface area contributed by atoms with Crippen LogP contribution in [-0.4, -0.2) is 50.4 Å². The van der Waals surface area contributed by atoms with E-state index in [4.69, 9.17) is 14.2 Å². The molecule has 6 nitrogen and oxygen atoms in total. The van der Waals surface area contributed by atoms with Gasteiger partial charge < -0.3 is 24.4 Å². The molecule has 2 aliphatic rings. The molecule has 1 unspecified atom stereocenters. The van der Waals surface area contributed by atoms with E-state index in [1.807, 2.05) is 11.0 Å². The third-order valence-electron chi connectivity index (χ3n) is 4.74. The van der Waals surface area contributed by atoms with Crippen LogP contribution in [0, 0.1) is 0 Å². The van der Waals surface area contributed by atoms with Crippen molar-refractivity contribution in [3.05, 3.63) is 29.8 Å². The van der Waals surface area contributed by atoms with Crippen LogP contribution >= 0.6 is 0 Å². The predicted octanol–water partition coefficient (Wildman–Crippen LogP) is 3.04. The minimum atomic E-state index is -0.290. The number of nitrogens with zero attached hydrogens (tertiary/aromatic N) is 1. The molecule has 2 atom stereocenters. The number of hydrogen-bond donors (Lipinski definition) is 1. The van der Waals surface area contributed by atoms with Crippen molar-refractivity contribution in [3.8, 4) is 11.5 Å². The minimum absolute atomic E-state index is 0.0379. The summed E-state index contributed by atoms with van der Waals surface area (Å²) in [6, 6.07) is 3.53. The van der Waals surface area contributed by atoms with Gasteiger partial charge in [0.15, 0.2) is 11.5 Å². The number of carbonyl (C=O) groups excluding carboxylic acids is 1. The molecule has 0 saturated carbocycles. The van der Waals surface area contributed by atoms with Crippen LogP contribution in [-0.2, 0) is 4.74 Å². The molecule has 1 amide bonds. The summed E-state index contributed by atoms with van der Waals surface area (Å²) in [6.07, 6.45) is 2.46. The van der Waals surface area contributed by atoms with Crippen LogP contribution in [0.4, 0.5) is 5.69 Å². The van der Waals surface area contributed by atoms with Gasteiger partial charge in [0, 0.05) is 19.7 Å². The van der Waals surface area contributed by atoms with Gasteiger partial charge in [0.1, 0.15) is 6.23 Å². The van der Waals surface area contributed by atoms with Gasteiger partial charge in [0.25, 0.3) is 5.91 Å². The Kier molecular flexibility index (Phi) is 5.18. The molecule has 0 bridgehead atoms. The van der Waals surface area contributed by atoms with Crippen molar-refractivity contribution >= 4 is 11.6 Å². The van der Waals surface area contributed by atoms with Crippen LogP contribution in [0.2, 0.25) is 0 Å². The van der Waals surface area contributed by atoms with Crippen LogP contribution in [0.1, 0.15) is 36.5 Å². The maximum atomic E-state index is 13.1. The molecule has 0 radical (unpaired) electrons. The average molecular weight is 346 g/mol. The zero-order valence-electron chi connectivity index (χ0n) is 15.1. The number of amides is 1. The van der Waals surface area contributed by atoms with Gasteiger partial charge >= 0.3 is 0 Å². The fourth-order valence-corrected chi connectivity index (χ4v) is 3.40. The number of methoxy groups -OCH3 is 2. The Morgan fingerprint density at radius 2 is 2.12 bits per heavy atom.